The van der Waals surface area contributed by atoms with E-state index in [9.17, 15) is 4.79 Å². The number of H-pyrrole nitrogens is 1. The topological polar surface area (TPSA) is 45.8 Å². The fourth-order valence-corrected chi connectivity index (χ4v) is 1.84. The second-order valence-corrected chi connectivity index (χ2v) is 4.20. The lowest BCUT2D eigenvalue weighted by Gasteiger charge is -2.04. The van der Waals surface area contributed by atoms with E-state index in [0.29, 0.717) is 6.42 Å². The maximum Gasteiger partial charge on any atom is 0.251 e. The van der Waals surface area contributed by atoms with Crippen molar-refractivity contribution in [3.05, 3.63) is 63.3 Å². The SMILES string of the molecule is CCc1cc(=O)[nH]c(Cc2cccc(C)c2)n1. The number of benzene rings is 1. The van der Waals surface area contributed by atoms with E-state index in [4.69, 9.17) is 0 Å². The second-order valence-electron chi connectivity index (χ2n) is 4.20. The van der Waals surface area contributed by atoms with E-state index in [1.165, 1.54) is 11.1 Å². The molecule has 2 rings (SSSR count). The normalized spacial score (nSPS) is 10.5. The molecule has 0 saturated heterocycles. The highest BCUT2D eigenvalue weighted by Gasteiger charge is 2.01. The first-order chi connectivity index (χ1) is 8.17. The summed E-state index contributed by atoms with van der Waals surface area (Å²) in [5, 5.41) is 0. The van der Waals surface area contributed by atoms with Crippen molar-refractivity contribution < 1.29 is 0 Å². The quantitative estimate of drug-likeness (QED) is 0.875. The first-order valence-corrected chi connectivity index (χ1v) is 5.82. The maximum atomic E-state index is 11.4. The van der Waals surface area contributed by atoms with Gasteiger partial charge in [0.1, 0.15) is 5.82 Å². The Morgan fingerprint density at radius 2 is 2.12 bits per heavy atom. The molecule has 0 aliphatic heterocycles. The summed E-state index contributed by atoms with van der Waals surface area (Å²) < 4.78 is 0. The van der Waals surface area contributed by atoms with Gasteiger partial charge in [0.15, 0.2) is 0 Å². The van der Waals surface area contributed by atoms with Crippen molar-refractivity contribution in [1.29, 1.82) is 0 Å². The Kier molecular flexibility index (Phi) is 3.38. The van der Waals surface area contributed by atoms with Crippen molar-refractivity contribution in [2.24, 2.45) is 0 Å². The molecular weight excluding hydrogens is 212 g/mol. The van der Waals surface area contributed by atoms with Crippen LogP contribution in [-0.2, 0) is 12.8 Å². The largest absolute Gasteiger partial charge is 0.310 e. The Morgan fingerprint density at radius 3 is 2.82 bits per heavy atom. The van der Waals surface area contributed by atoms with Crippen LogP contribution in [0.4, 0.5) is 0 Å². The van der Waals surface area contributed by atoms with Crippen LogP contribution >= 0.6 is 0 Å². The molecule has 0 amide bonds. The summed E-state index contributed by atoms with van der Waals surface area (Å²) in [6, 6.07) is 9.79. The van der Waals surface area contributed by atoms with Gasteiger partial charge in [-0.05, 0) is 18.9 Å². The lowest BCUT2D eigenvalue weighted by atomic mass is 10.1. The van der Waals surface area contributed by atoms with Crippen molar-refractivity contribution in [3.63, 3.8) is 0 Å². The zero-order chi connectivity index (χ0) is 12.3. The summed E-state index contributed by atoms with van der Waals surface area (Å²) in [7, 11) is 0. The highest BCUT2D eigenvalue weighted by atomic mass is 16.1. The summed E-state index contributed by atoms with van der Waals surface area (Å²) >= 11 is 0. The molecule has 0 radical (unpaired) electrons. The first kappa shape index (κ1) is 11.6. The molecule has 1 aromatic carbocycles. The molecule has 1 heterocycles. The maximum absolute atomic E-state index is 11.4. The van der Waals surface area contributed by atoms with Crippen LogP contribution < -0.4 is 5.56 Å². The van der Waals surface area contributed by atoms with E-state index < -0.39 is 0 Å². The van der Waals surface area contributed by atoms with Crippen LogP contribution in [0, 0.1) is 6.92 Å². The molecule has 1 aromatic heterocycles. The average molecular weight is 228 g/mol. The zero-order valence-electron chi connectivity index (χ0n) is 10.2. The van der Waals surface area contributed by atoms with Crippen molar-refractivity contribution in [2.45, 2.75) is 26.7 Å². The van der Waals surface area contributed by atoms with Gasteiger partial charge >= 0.3 is 0 Å². The number of hydrogen-bond acceptors (Lipinski definition) is 2. The van der Waals surface area contributed by atoms with Crippen molar-refractivity contribution in [3.8, 4) is 0 Å². The third-order valence-corrected chi connectivity index (χ3v) is 2.66. The lowest BCUT2D eigenvalue weighted by molar-refractivity contribution is 0.887. The van der Waals surface area contributed by atoms with Gasteiger partial charge in [0, 0.05) is 18.2 Å². The summed E-state index contributed by atoms with van der Waals surface area (Å²) in [4.78, 5) is 18.6. The molecule has 0 aliphatic carbocycles. The minimum atomic E-state index is -0.0699. The summed E-state index contributed by atoms with van der Waals surface area (Å²) in [6.07, 6.45) is 1.45. The Labute approximate surface area is 101 Å². The van der Waals surface area contributed by atoms with Crippen LogP contribution in [0.25, 0.3) is 0 Å². The van der Waals surface area contributed by atoms with Crippen LogP contribution in [0.2, 0.25) is 0 Å². The lowest BCUT2D eigenvalue weighted by Crippen LogP contribution is -2.12. The van der Waals surface area contributed by atoms with Crippen LogP contribution in [0.3, 0.4) is 0 Å². The Hall–Kier alpha value is -1.90. The number of hydrogen-bond donors (Lipinski definition) is 1. The molecule has 88 valence electrons. The van der Waals surface area contributed by atoms with E-state index in [1.54, 1.807) is 6.07 Å². The highest BCUT2D eigenvalue weighted by molar-refractivity contribution is 5.25. The predicted molar refractivity (Wildman–Crippen MR) is 68.2 cm³/mol. The Balaban J connectivity index is 2.29. The van der Waals surface area contributed by atoms with Gasteiger partial charge < -0.3 is 4.98 Å². The van der Waals surface area contributed by atoms with Crippen LogP contribution in [0.15, 0.2) is 35.1 Å². The van der Waals surface area contributed by atoms with Crippen LogP contribution in [-0.4, -0.2) is 9.97 Å². The van der Waals surface area contributed by atoms with Gasteiger partial charge in [0.25, 0.3) is 5.56 Å². The molecule has 0 aliphatic rings. The molecule has 17 heavy (non-hydrogen) atoms. The van der Waals surface area contributed by atoms with Gasteiger partial charge in [-0.2, -0.15) is 0 Å². The smallest absolute Gasteiger partial charge is 0.251 e. The van der Waals surface area contributed by atoms with Gasteiger partial charge in [-0.15, -0.1) is 0 Å². The van der Waals surface area contributed by atoms with Gasteiger partial charge in [0.2, 0.25) is 0 Å². The van der Waals surface area contributed by atoms with E-state index in [2.05, 4.69) is 29.0 Å². The molecule has 0 saturated carbocycles. The van der Waals surface area contributed by atoms with E-state index in [0.717, 1.165) is 17.9 Å². The summed E-state index contributed by atoms with van der Waals surface area (Å²) in [5.41, 5.74) is 3.16. The number of rotatable bonds is 3. The zero-order valence-corrected chi connectivity index (χ0v) is 10.2. The molecule has 0 bridgehead atoms. The molecule has 3 nitrogen and oxygen atoms in total. The average Bonchev–Trinajstić information content (AvgIpc) is 2.28. The second kappa shape index (κ2) is 4.95. The fourth-order valence-electron chi connectivity index (χ4n) is 1.84. The van der Waals surface area contributed by atoms with E-state index in [1.807, 2.05) is 19.1 Å². The Morgan fingerprint density at radius 1 is 1.29 bits per heavy atom. The summed E-state index contributed by atoms with van der Waals surface area (Å²) in [5.74, 6) is 0.736. The van der Waals surface area contributed by atoms with Crippen LogP contribution in [0.5, 0.6) is 0 Å². The molecule has 0 unspecified atom stereocenters. The van der Waals surface area contributed by atoms with Gasteiger partial charge in [-0.25, -0.2) is 4.98 Å². The van der Waals surface area contributed by atoms with Crippen LogP contribution in [0.1, 0.15) is 29.6 Å². The third-order valence-electron chi connectivity index (χ3n) is 2.66. The minimum Gasteiger partial charge on any atom is -0.310 e. The fraction of sp³-hybridized carbons (Fsp3) is 0.286. The highest BCUT2D eigenvalue weighted by Crippen LogP contribution is 2.07. The summed E-state index contributed by atoms with van der Waals surface area (Å²) in [6.45, 7) is 4.06. The molecule has 1 N–H and O–H groups in total. The van der Waals surface area contributed by atoms with Gasteiger partial charge in [-0.1, -0.05) is 36.8 Å². The van der Waals surface area contributed by atoms with Crippen molar-refractivity contribution in [1.82, 2.24) is 9.97 Å². The first-order valence-electron chi connectivity index (χ1n) is 5.82. The molecule has 3 heteroatoms. The van der Waals surface area contributed by atoms with E-state index >= 15 is 0 Å². The Bertz CT molecular complexity index is 572. The molecule has 0 spiro atoms. The molecule has 0 fully saturated rings. The predicted octanol–water partition coefficient (Wildman–Crippen LogP) is 2.23. The number of aryl methyl sites for hydroxylation is 2. The number of nitrogens with zero attached hydrogens (tertiary/aromatic N) is 1. The molecule has 2 aromatic rings. The van der Waals surface area contributed by atoms with Crippen molar-refractivity contribution in [2.75, 3.05) is 0 Å². The molecule has 0 atom stereocenters. The monoisotopic (exact) mass is 228 g/mol. The van der Waals surface area contributed by atoms with Crippen molar-refractivity contribution >= 4 is 0 Å². The minimum absolute atomic E-state index is 0.0699. The third kappa shape index (κ3) is 3.03. The molecular formula is C14H16N2O. The van der Waals surface area contributed by atoms with Gasteiger partial charge in [-0.3, -0.25) is 4.79 Å². The standard InChI is InChI=1S/C14H16N2O/c1-3-12-9-14(17)16-13(15-12)8-11-6-4-5-10(2)7-11/h4-7,9H,3,8H2,1-2H3,(H,15,16,17). The number of nitrogens with one attached hydrogen (secondary N) is 1. The number of aromatic nitrogens is 2. The van der Waals surface area contributed by atoms with Gasteiger partial charge in [0.05, 0.1) is 0 Å². The van der Waals surface area contributed by atoms with E-state index in [-0.39, 0.29) is 5.56 Å². The number of aromatic amines is 1.